The zero-order chi connectivity index (χ0) is 9.00. The molecule has 0 spiro atoms. The van der Waals surface area contributed by atoms with Crippen LogP contribution in [-0.2, 0) is 4.79 Å². The van der Waals surface area contributed by atoms with E-state index in [2.05, 4.69) is 0 Å². The molecule has 0 heterocycles. The summed E-state index contributed by atoms with van der Waals surface area (Å²) in [6.07, 6.45) is 6.54. The van der Waals surface area contributed by atoms with E-state index in [1.54, 1.807) is 0 Å². The van der Waals surface area contributed by atoms with Crippen LogP contribution in [0.2, 0.25) is 0 Å². The summed E-state index contributed by atoms with van der Waals surface area (Å²) in [6.45, 7) is 0. The number of amides is 1. The average Bonchev–Trinajstić information content (AvgIpc) is 2.76. The molecule has 72 valence electrons. The van der Waals surface area contributed by atoms with E-state index < -0.39 is 0 Å². The van der Waals surface area contributed by atoms with Gasteiger partial charge in [-0.1, -0.05) is 0 Å². The Bertz CT molecular complexity index is 232. The van der Waals surface area contributed by atoms with Crippen molar-refractivity contribution >= 4 is 5.91 Å². The predicted molar refractivity (Wildman–Crippen MR) is 49.7 cm³/mol. The van der Waals surface area contributed by atoms with Gasteiger partial charge in [0, 0.05) is 5.92 Å². The summed E-state index contributed by atoms with van der Waals surface area (Å²) in [4.78, 5) is 11.1. The van der Waals surface area contributed by atoms with Gasteiger partial charge in [0.05, 0.1) is 0 Å². The molecule has 0 saturated heterocycles. The summed E-state index contributed by atoms with van der Waals surface area (Å²) in [6, 6.07) is 0. The third-order valence-electron chi connectivity index (χ3n) is 4.79. The first-order valence-electron chi connectivity index (χ1n) is 5.55. The number of carbonyl (C=O) groups is 1. The maximum Gasteiger partial charge on any atom is 0.220 e. The molecule has 0 aromatic rings. The van der Waals surface area contributed by atoms with Crippen LogP contribution in [0.15, 0.2) is 0 Å². The lowest BCUT2D eigenvalue weighted by Gasteiger charge is -2.23. The number of fused-ring (bicyclic) bond motifs is 5. The second-order valence-electron chi connectivity index (χ2n) is 5.23. The fourth-order valence-corrected chi connectivity index (χ4v) is 4.25. The average molecular weight is 179 g/mol. The molecule has 1 amide bonds. The molecular formula is C11H17NO. The van der Waals surface area contributed by atoms with Crippen LogP contribution in [0.1, 0.15) is 32.1 Å². The topological polar surface area (TPSA) is 43.1 Å². The Kier molecular flexibility index (Phi) is 1.50. The Hall–Kier alpha value is -0.530. The number of hydrogen-bond donors (Lipinski definition) is 1. The van der Waals surface area contributed by atoms with Crippen molar-refractivity contribution < 1.29 is 4.79 Å². The molecule has 2 heteroatoms. The zero-order valence-electron chi connectivity index (χ0n) is 7.91. The molecule has 0 aromatic heterocycles. The van der Waals surface area contributed by atoms with Crippen LogP contribution in [0.4, 0.5) is 0 Å². The molecule has 2 bridgehead atoms. The summed E-state index contributed by atoms with van der Waals surface area (Å²) < 4.78 is 0. The highest BCUT2D eigenvalue weighted by Crippen LogP contribution is 2.59. The van der Waals surface area contributed by atoms with Crippen LogP contribution in [0.3, 0.4) is 0 Å². The van der Waals surface area contributed by atoms with Crippen molar-refractivity contribution in [3.05, 3.63) is 0 Å². The number of rotatable bonds is 1. The van der Waals surface area contributed by atoms with Gasteiger partial charge in [-0.2, -0.15) is 0 Å². The molecule has 3 saturated carbocycles. The Labute approximate surface area is 78.9 Å². The number of hydrogen-bond acceptors (Lipinski definition) is 1. The molecule has 2 N–H and O–H groups in total. The molecule has 2 nitrogen and oxygen atoms in total. The fraction of sp³-hybridized carbons (Fsp3) is 0.909. The van der Waals surface area contributed by atoms with Gasteiger partial charge >= 0.3 is 0 Å². The van der Waals surface area contributed by atoms with Gasteiger partial charge in [0.15, 0.2) is 0 Å². The van der Waals surface area contributed by atoms with E-state index in [-0.39, 0.29) is 11.8 Å². The molecule has 0 aliphatic heterocycles. The molecule has 0 aromatic carbocycles. The van der Waals surface area contributed by atoms with E-state index in [1.165, 1.54) is 19.3 Å². The number of primary amides is 1. The van der Waals surface area contributed by atoms with Gasteiger partial charge in [-0.05, 0) is 55.8 Å². The Morgan fingerprint density at radius 1 is 1.00 bits per heavy atom. The third kappa shape index (κ3) is 0.976. The molecular weight excluding hydrogens is 162 g/mol. The van der Waals surface area contributed by atoms with Crippen LogP contribution >= 0.6 is 0 Å². The molecule has 3 fully saturated rings. The minimum atomic E-state index is -0.0474. The Balaban J connectivity index is 1.79. The zero-order valence-corrected chi connectivity index (χ0v) is 7.91. The Morgan fingerprint density at radius 3 is 2.00 bits per heavy atom. The largest absolute Gasteiger partial charge is 0.369 e. The first kappa shape index (κ1) is 7.84. The van der Waals surface area contributed by atoms with E-state index in [4.69, 9.17) is 5.73 Å². The van der Waals surface area contributed by atoms with Crippen molar-refractivity contribution in [1.82, 2.24) is 0 Å². The summed E-state index contributed by atoms with van der Waals surface area (Å²) in [5.74, 6) is 3.83. The number of nitrogens with two attached hydrogens (primary N) is 1. The molecule has 3 rings (SSSR count). The fourth-order valence-electron chi connectivity index (χ4n) is 4.25. The minimum absolute atomic E-state index is 0.0474. The van der Waals surface area contributed by atoms with Crippen molar-refractivity contribution in [2.24, 2.45) is 35.3 Å². The van der Waals surface area contributed by atoms with Crippen LogP contribution < -0.4 is 5.73 Å². The first-order chi connectivity index (χ1) is 6.25. The van der Waals surface area contributed by atoms with E-state index in [9.17, 15) is 4.79 Å². The first-order valence-corrected chi connectivity index (χ1v) is 5.55. The molecule has 3 aliphatic carbocycles. The standard InChI is InChI=1S/C11H17NO/c12-11(13)8-4-9-6-1-2-7(3-6)10(9)5-8/h6-10H,1-5H2,(H2,12,13). The second kappa shape index (κ2) is 2.49. The molecule has 0 radical (unpaired) electrons. The monoisotopic (exact) mass is 179 g/mol. The molecule has 13 heavy (non-hydrogen) atoms. The molecule has 4 atom stereocenters. The number of carbonyl (C=O) groups excluding carboxylic acids is 1. The van der Waals surface area contributed by atoms with Crippen molar-refractivity contribution in [1.29, 1.82) is 0 Å². The molecule has 4 unspecified atom stereocenters. The van der Waals surface area contributed by atoms with Gasteiger partial charge < -0.3 is 5.73 Å². The quantitative estimate of drug-likeness (QED) is 0.652. The summed E-state index contributed by atoms with van der Waals surface area (Å²) in [5.41, 5.74) is 5.37. The maximum absolute atomic E-state index is 11.1. The lowest BCUT2D eigenvalue weighted by Crippen LogP contribution is -2.21. The van der Waals surface area contributed by atoms with Gasteiger partial charge in [-0.25, -0.2) is 0 Å². The smallest absolute Gasteiger partial charge is 0.220 e. The highest BCUT2D eigenvalue weighted by Gasteiger charge is 2.52. The summed E-state index contributed by atoms with van der Waals surface area (Å²) in [7, 11) is 0. The third-order valence-corrected chi connectivity index (χ3v) is 4.79. The minimum Gasteiger partial charge on any atom is -0.369 e. The molecule has 3 aliphatic rings. The normalized spacial score (nSPS) is 52.5. The Morgan fingerprint density at radius 2 is 1.54 bits per heavy atom. The van der Waals surface area contributed by atoms with Gasteiger partial charge in [-0.15, -0.1) is 0 Å². The van der Waals surface area contributed by atoms with Crippen molar-refractivity contribution in [3.63, 3.8) is 0 Å². The predicted octanol–water partition coefficient (Wildman–Crippen LogP) is 1.54. The lowest BCUT2D eigenvalue weighted by atomic mass is 9.82. The van der Waals surface area contributed by atoms with E-state index in [0.717, 1.165) is 36.5 Å². The van der Waals surface area contributed by atoms with Crippen LogP contribution in [0.25, 0.3) is 0 Å². The van der Waals surface area contributed by atoms with Crippen molar-refractivity contribution in [3.8, 4) is 0 Å². The lowest BCUT2D eigenvalue weighted by molar-refractivity contribution is -0.121. The van der Waals surface area contributed by atoms with Gasteiger partial charge in [0.1, 0.15) is 0 Å². The maximum atomic E-state index is 11.1. The van der Waals surface area contributed by atoms with Gasteiger partial charge in [0.2, 0.25) is 5.91 Å². The van der Waals surface area contributed by atoms with Gasteiger partial charge in [0.25, 0.3) is 0 Å². The van der Waals surface area contributed by atoms with Crippen molar-refractivity contribution in [2.45, 2.75) is 32.1 Å². The van der Waals surface area contributed by atoms with E-state index >= 15 is 0 Å². The SMILES string of the molecule is NC(=O)C1CC2C3CCC(C3)C2C1. The second-order valence-corrected chi connectivity index (χ2v) is 5.23. The van der Waals surface area contributed by atoms with Gasteiger partial charge in [-0.3, -0.25) is 4.79 Å². The van der Waals surface area contributed by atoms with E-state index in [0.29, 0.717) is 0 Å². The highest BCUT2D eigenvalue weighted by atomic mass is 16.1. The van der Waals surface area contributed by atoms with Crippen LogP contribution in [0, 0.1) is 29.6 Å². The summed E-state index contributed by atoms with van der Waals surface area (Å²) >= 11 is 0. The van der Waals surface area contributed by atoms with Crippen molar-refractivity contribution in [2.75, 3.05) is 0 Å². The van der Waals surface area contributed by atoms with E-state index in [1.807, 2.05) is 0 Å². The highest BCUT2D eigenvalue weighted by molar-refractivity contribution is 5.77. The summed E-state index contributed by atoms with van der Waals surface area (Å²) in [5, 5.41) is 0. The van der Waals surface area contributed by atoms with Crippen LogP contribution in [0.5, 0.6) is 0 Å². The van der Waals surface area contributed by atoms with Crippen LogP contribution in [-0.4, -0.2) is 5.91 Å².